The molecule has 5 rings (SSSR count). The van der Waals surface area contributed by atoms with Gasteiger partial charge in [0, 0.05) is 42.4 Å². The van der Waals surface area contributed by atoms with E-state index >= 15 is 0 Å². The van der Waals surface area contributed by atoms with Crippen LogP contribution in [0.5, 0.6) is 0 Å². The maximum atomic E-state index is 13.0. The van der Waals surface area contributed by atoms with Crippen LogP contribution < -0.4 is 10.6 Å². The molecule has 0 saturated carbocycles. The van der Waals surface area contributed by atoms with Gasteiger partial charge in [-0.2, -0.15) is 0 Å². The molecule has 0 radical (unpaired) electrons. The summed E-state index contributed by atoms with van der Waals surface area (Å²) in [6.45, 7) is 4.35. The number of hydrogen-bond donors (Lipinski definition) is 3. The number of thiocarbonyl (C=S) groups is 1. The molecule has 2 aromatic carbocycles. The van der Waals surface area contributed by atoms with Gasteiger partial charge in [0.25, 0.3) is 0 Å². The molecule has 0 aliphatic carbocycles. The fourth-order valence-corrected chi connectivity index (χ4v) is 5.26. The first-order chi connectivity index (χ1) is 18.8. The van der Waals surface area contributed by atoms with Crippen LogP contribution in [0.3, 0.4) is 0 Å². The monoisotopic (exact) mass is 539 g/mol. The summed E-state index contributed by atoms with van der Waals surface area (Å²) in [4.78, 5) is 31.2. The van der Waals surface area contributed by atoms with E-state index in [1.165, 1.54) is 0 Å². The van der Waals surface area contributed by atoms with E-state index in [0.29, 0.717) is 11.7 Å². The highest BCUT2D eigenvalue weighted by molar-refractivity contribution is 7.80. The lowest BCUT2D eigenvalue weighted by atomic mass is 10.0. The van der Waals surface area contributed by atoms with Crippen molar-refractivity contribution >= 4 is 34.9 Å². The zero-order chi connectivity index (χ0) is 27.5. The molecule has 2 atom stereocenters. The summed E-state index contributed by atoms with van der Waals surface area (Å²) >= 11 is 5.77. The molecule has 0 bridgehead atoms. The van der Waals surface area contributed by atoms with E-state index in [1.54, 1.807) is 24.4 Å². The summed E-state index contributed by atoms with van der Waals surface area (Å²) in [5.41, 5.74) is 5.52. The van der Waals surface area contributed by atoms with Crippen LogP contribution in [-0.2, 0) is 4.79 Å². The van der Waals surface area contributed by atoms with E-state index in [0.717, 1.165) is 33.9 Å². The van der Waals surface area contributed by atoms with Crippen molar-refractivity contribution in [2.45, 2.75) is 32.4 Å². The normalized spacial score (nSPS) is 16.7. The molecular weight excluding hydrogens is 510 g/mol. The predicted octanol–water partition coefficient (Wildman–Crippen LogP) is 5.19. The number of carboxylic acid groups (broad SMARTS) is 1. The number of hydrogen-bond acceptors (Lipinski definition) is 4. The Labute approximate surface area is 232 Å². The lowest BCUT2D eigenvalue weighted by Gasteiger charge is -2.29. The number of aryl methyl sites for hydroxylation is 2. The number of carboxylic acids is 1. The van der Waals surface area contributed by atoms with Crippen molar-refractivity contribution in [2.75, 3.05) is 11.9 Å². The quantitative estimate of drug-likeness (QED) is 0.265. The third-order valence-corrected chi connectivity index (χ3v) is 7.25. The Hall–Kier alpha value is -4.50. The van der Waals surface area contributed by atoms with Gasteiger partial charge in [-0.05, 0) is 85.7 Å². The van der Waals surface area contributed by atoms with Crippen LogP contribution in [0, 0.1) is 13.8 Å². The highest BCUT2D eigenvalue weighted by Gasteiger charge is 2.41. The number of rotatable bonds is 8. The van der Waals surface area contributed by atoms with Crippen LogP contribution in [0.25, 0.3) is 5.69 Å². The Morgan fingerprint density at radius 3 is 2.67 bits per heavy atom. The second kappa shape index (κ2) is 11.1. The number of aromatic carboxylic acids is 1. The lowest BCUT2D eigenvalue weighted by Crippen LogP contribution is -2.33. The smallest absolute Gasteiger partial charge is 0.335 e. The van der Waals surface area contributed by atoms with Crippen molar-refractivity contribution in [1.29, 1.82) is 0 Å². The standard InChI is InChI=1S/C30H29N5O3S/c1-19-11-12-20(2)24(17-19)32-26(36)13-16-35-28(27(33-30(35)39)23-9-3-4-14-31-23)25-10-6-15-34(25)22-8-5-7-21(18-22)29(37)38/h3-12,14-15,17-18,27-28H,13,16H2,1-2H3,(H,32,36)(H,33,39)(H,37,38)/t27-,28-/m0/s1. The second-order valence-corrected chi connectivity index (χ2v) is 9.98. The van der Waals surface area contributed by atoms with Gasteiger partial charge >= 0.3 is 5.97 Å². The van der Waals surface area contributed by atoms with Crippen molar-refractivity contribution in [2.24, 2.45) is 0 Å². The first-order valence-electron chi connectivity index (χ1n) is 12.7. The van der Waals surface area contributed by atoms with Gasteiger partial charge in [0.15, 0.2) is 5.11 Å². The third-order valence-electron chi connectivity index (χ3n) is 6.90. The highest BCUT2D eigenvalue weighted by Crippen LogP contribution is 2.39. The zero-order valence-corrected chi connectivity index (χ0v) is 22.5. The largest absolute Gasteiger partial charge is 0.478 e. The molecule has 1 amide bonds. The fourth-order valence-electron chi connectivity index (χ4n) is 4.93. The number of anilines is 1. The minimum absolute atomic E-state index is 0.101. The molecule has 3 heterocycles. The number of carbonyl (C=O) groups is 2. The molecule has 4 aromatic rings. The van der Waals surface area contributed by atoms with E-state index in [4.69, 9.17) is 12.2 Å². The number of amides is 1. The maximum absolute atomic E-state index is 13.0. The second-order valence-electron chi connectivity index (χ2n) is 9.60. The predicted molar refractivity (Wildman–Crippen MR) is 154 cm³/mol. The molecule has 1 saturated heterocycles. The van der Waals surface area contributed by atoms with Crippen LogP contribution in [0.2, 0.25) is 0 Å². The third kappa shape index (κ3) is 5.53. The van der Waals surface area contributed by atoms with Crippen LogP contribution in [0.15, 0.2) is 85.2 Å². The van der Waals surface area contributed by atoms with Crippen molar-refractivity contribution < 1.29 is 14.7 Å². The van der Waals surface area contributed by atoms with Crippen LogP contribution in [0.1, 0.15) is 51.4 Å². The average Bonchev–Trinajstić information content (AvgIpc) is 3.54. The highest BCUT2D eigenvalue weighted by atomic mass is 32.1. The van der Waals surface area contributed by atoms with Crippen LogP contribution in [0.4, 0.5) is 5.69 Å². The molecule has 2 aromatic heterocycles. The number of carbonyl (C=O) groups excluding carboxylic acids is 1. The molecule has 0 unspecified atom stereocenters. The van der Waals surface area contributed by atoms with Gasteiger partial charge in [-0.1, -0.05) is 24.3 Å². The van der Waals surface area contributed by atoms with Gasteiger partial charge in [0.1, 0.15) is 0 Å². The minimum atomic E-state index is -0.989. The average molecular weight is 540 g/mol. The molecule has 1 fully saturated rings. The summed E-state index contributed by atoms with van der Waals surface area (Å²) in [6.07, 6.45) is 3.88. The summed E-state index contributed by atoms with van der Waals surface area (Å²) in [5, 5.41) is 16.5. The Morgan fingerprint density at radius 2 is 1.90 bits per heavy atom. The van der Waals surface area contributed by atoms with Crippen molar-refractivity contribution in [3.05, 3.63) is 113 Å². The summed E-state index contributed by atoms with van der Waals surface area (Å²) in [6, 6.07) is 21.9. The van der Waals surface area contributed by atoms with Crippen molar-refractivity contribution in [3.63, 3.8) is 0 Å². The van der Waals surface area contributed by atoms with Gasteiger partial charge < -0.3 is 25.2 Å². The van der Waals surface area contributed by atoms with E-state index in [-0.39, 0.29) is 30.0 Å². The van der Waals surface area contributed by atoms with E-state index in [2.05, 4.69) is 15.6 Å². The SMILES string of the molecule is Cc1ccc(C)c(NC(=O)CCN2C(=S)N[C@@H](c3ccccn3)[C@@H]2c2cccn2-c2cccc(C(=O)O)c2)c1. The van der Waals surface area contributed by atoms with Gasteiger partial charge in [0.05, 0.1) is 23.3 Å². The summed E-state index contributed by atoms with van der Waals surface area (Å²) in [5.74, 6) is -1.09. The Bertz CT molecular complexity index is 1530. The van der Waals surface area contributed by atoms with Gasteiger partial charge in [-0.15, -0.1) is 0 Å². The van der Waals surface area contributed by atoms with E-state index in [1.807, 2.05) is 84.1 Å². The topological polar surface area (TPSA) is 99.5 Å². The number of aromatic nitrogens is 2. The molecular formula is C30H29N5O3S. The Morgan fingerprint density at radius 1 is 1.05 bits per heavy atom. The fraction of sp³-hybridized carbons (Fsp3) is 0.200. The van der Waals surface area contributed by atoms with Crippen molar-refractivity contribution in [1.82, 2.24) is 19.8 Å². The molecule has 3 N–H and O–H groups in total. The molecule has 1 aliphatic heterocycles. The molecule has 1 aliphatic rings. The minimum Gasteiger partial charge on any atom is -0.478 e. The number of nitrogens with zero attached hydrogens (tertiary/aromatic N) is 3. The summed E-state index contributed by atoms with van der Waals surface area (Å²) in [7, 11) is 0. The van der Waals surface area contributed by atoms with Crippen LogP contribution >= 0.6 is 12.2 Å². The first-order valence-corrected chi connectivity index (χ1v) is 13.1. The van der Waals surface area contributed by atoms with Gasteiger partial charge in [-0.3, -0.25) is 9.78 Å². The number of benzene rings is 2. The maximum Gasteiger partial charge on any atom is 0.335 e. The lowest BCUT2D eigenvalue weighted by molar-refractivity contribution is -0.116. The first kappa shape index (κ1) is 26.1. The molecule has 0 spiro atoms. The number of nitrogens with one attached hydrogen (secondary N) is 2. The summed E-state index contributed by atoms with van der Waals surface area (Å²) < 4.78 is 1.96. The molecule has 198 valence electrons. The van der Waals surface area contributed by atoms with E-state index < -0.39 is 5.97 Å². The zero-order valence-electron chi connectivity index (χ0n) is 21.7. The van der Waals surface area contributed by atoms with E-state index in [9.17, 15) is 14.7 Å². The van der Waals surface area contributed by atoms with Gasteiger partial charge in [0.2, 0.25) is 5.91 Å². The molecule has 8 nitrogen and oxygen atoms in total. The molecule has 9 heteroatoms. The number of pyridine rings is 1. The molecule has 39 heavy (non-hydrogen) atoms. The van der Waals surface area contributed by atoms with Gasteiger partial charge in [-0.25, -0.2) is 4.79 Å². The van der Waals surface area contributed by atoms with Crippen molar-refractivity contribution in [3.8, 4) is 5.69 Å². The Balaban J connectivity index is 1.46. The van der Waals surface area contributed by atoms with Crippen LogP contribution in [-0.4, -0.2) is 43.1 Å². The Kier molecular flexibility index (Phi) is 7.42.